The van der Waals surface area contributed by atoms with Crippen molar-refractivity contribution in [2.24, 2.45) is 10.8 Å². The Morgan fingerprint density at radius 1 is 0.960 bits per heavy atom. The molecule has 0 spiro atoms. The molecule has 0 aliphatic rings. The molecule has 0 radical (unpaired) electrons. The van der Waals surface area contributed by atoms with Crippen LogP contribution in [0.1, 0.15) is 73.5 Å². The standard InChI is InChI=1S/C21H28O2.C2H6/c1-15(23-19(22)21(5,6)14-20(2,3)4)17-13-9-11-16-10-7-8-12-18(16)17;1-2/h7-13,15H,14H2,1-6H3;1-2H3. The van der Waals surface area contributed by atoms with E-state index in [4.69, 9.17) is 4.74 Å². The Morgan fingerprint density at radius 2 is 1.52 bits per heavy atom. The maximum Gasteiger partial charge on any atom is 0.312 e. The average Bonchev–Trinajstić information content (AvgIpc) is 2.54. The SMILES string of the molecule is CC.CC(OC(=O)C(C)(C)CC(C)(C)C)c1cccc2ccccc12. The Labute approximate surface area is 153 Å². The minimum atomic E-state index is -0.489. The molecule has 1 atom stereocenters. The van der Waals surface area contributed by atoms with Gasteiger partial charge in [0, 0.05) is 0 Å². The van der Waals surface area contributed by atoms with Gasteiger partial charge in [-0.3, -0.25) is 4.79 Å². The molecule has 2 aromatic carbocycles. The maximum absolute atomic E-state index is 12.6. The molecule has 0 fully saturated rings. The van der Waals surface area contributed by atoms with Crippen molar-refractivity contribution in [1.82, 2.24) is 0 Å². The molecule has 0 amide bonds. The van der Waals surface area contributed by atoms with Gasteiger partial charge in [0.1, 0.15) is 6.10 Å². The highest BCUT2D eigenvalue weighted by Crippen LogP contribution is 2.36. The van der Waals surface area contributed by atoms with Crippen LogP contribution in [-0.4, -0.2) is 5.97 Å². The molecule has 2 heteroatoms. The Kier molecular flexibility index (Phi) is 7.22. The highest BCUT2D eigenvalue weighted by atomic mass is 16.5. The van der Waals surface area contributed by atoms with Gasteiger partial charge < -0.3 is 4.74 Å². The molecule has 1 unspecified atom stereocenters. The molecule has 0 heterocycles. The van der Waals surface area contributed by atoms with E-state index < -0.39 is 5.41 Å². The first-order chi connectivity index (χ1) is 11.6. The molecular weight excluding hydrogens is 308 g/mol. The smallest absolute Gasteiger partial charge is 0.312 e. The normalized spacial score (nSPS) is 13.0. The molecule has 0 aliphatic heterocycles. The van der Waals surface area contributed by atoms with Crippen LogP contribution in [-0.2, 0) is 9.53 Å². The first-order valence-electron chi connectivity index (χ1n) is 9.29. The highest BCUT2D eigenvalue weighted by molar-refractivity contribution is 5.86. The summed E-state index contributed by atoms with van der Waals surface area (Å²) in [5.74, 6) is -0.132. The van der Waals surface area contributed by atoms with Crippen molar-refractivity contribution >= 4 is 16.7 Å². The molecule has 2 aromatic rings. The van der Waals surface area contributed by atoms with Gasteiger partial charge in [-0.15, -0.1) is 0 Å². The minimum Gasteiger partial charge on any atom is -0.457 e. The zero-order chi connectivity index (χ0) is 19.3. The molecule has 25 heavy (non-hydrogen) atoms. The number of carbonyl (C=O) groups is 1. The summed E-state index contributed by atoms with van der Waals surface area (Å²) in [7, 11) is 0. The van der Waals surface area contributed by atoms with E-state index in [1.807, 2.05) is 58.9 Å². The summed E-state index contributed by atoms with van der Waals surface area (Å²) >= 11 is 0. The highest BCUT2D eigenvalue weighted by Gasteiger charge is 2.35. The molecule has 0 aromatic heterocycles. The third-order valence-electron chi connectivity index (χ3n) is 4.07. The van der Waals surface area contributed by atoms with E-state index in [2.05, 4.69) is 39.0 Å². The van der Waals surface area contributed by atoms with E-state index >= 15 is 0 Å². The molecule has 2 nitrogen and oxygen atoms in total. The fraction of sp³-hybridized carbons (Fsp3) is 0.522. The second-order valence-corrected chi connectivity index (χ2v) is 8.24. The number of fused-ring (bicyclic) bond motifs is 1. The Hall–Kier alpha value is -1.83. The Morgan fingerprint density at radius 3 is 2.12 bits per heavy atom. The largest absolute Gasteiger partial charge is 0.457 e. The fourth-order valence-corrected chi connectivity index (χ4v) is 3.39. The number of hydrogen-bond acceptors (Lipinski definition) is 2. The third-order valence-corrected chi connectivity index (χ3v) is 4.07. The van der Waals surface area contributed by atoms with Gasteiger partial charge in [0.05, 0.1) is 5.41 Å². The van der Waals surface area contributed by atoms with Crippen LogP contribution in [0.4, 0.5) is 0 Å². The number of hydrogen-bond donors (Lipinski definition) is 0. The van der Waals surface area contributed by atoms with E-state index in [0.29, 0.717) is 0 Å². The van der Waals surface area contributed by atoms with Gasteiger partial charge in [-0.2, -0.15) is 0 Å². The molecule has 2 rings (SSSR count). The second-order valence-electron chi connectivity index (χ2n) is 8.24. The van der Waals surface area contributed by atoms with E-state index in [0.717, 1.165) is 17.4 Å². The van der Waals surface area contributed by atoms with Crippen molar-refractivity contribution in [2.45, 2.75) is 67.9 Å². The maximum atomic E-state index is 12.6. The van der Waals surface area contributed by atoms with Gasteiger partial charge in [0.15, 0.2) is 0 Å². The van der Waals surface area contributed by atoms with Crippen LogP contribution in [0.25, 0.3) is 10.8 Å². The predicted octanol–water partition coefficient (Wildman–Crippen LogP) is 6.93. The first kappa shape index (κ1) is 21.2. The Bertz CT molecular complexity index is 687. The lowest BCUT2D eigenvalue weighted by Crippen LogP contribution is -2.31. The van der Waals surface area contributed by atoms with Crippen molar-refractivity contribution in [2.75, 3.05) is 0 Å². The molecule has 0 N–H and O–H groups in total. The van der Waals surface area contributed by atoms with E-state index in [1.165, 1.54) is 5.39 Å². The topological polar surface area (TPSA) is 26.3 Å². The number of ether oxygens (including phenoxy) is 1. The van der Waals surface area contributed by atoms with Crippen molar-refractivity contribution in [3.63, 3.8) is 0 Å². The number of benzene rings is 2. The second kappa shape index (κ2) is 8.51. The van der Waals surface area contributed by atoms with Crippen LogP contribution < -0.4 is 0 Å². The van der Waals surface area contributed by atoms with Crippen LogP contribution in [0.2, 0.25) is 0 Å². The summed E-state index contributed by atoms with van der Waals surface area (Å²) in [6.07, 6.45) is 0.536. The van der Waals surface area contributed by atoms with Crippen LogP contribution >= 0.6 is 0 Å². The molecule has 138 valence electrons. The zero-order valence-corrected chi connectivity index (χ0v) is 17.1. The van der Waals surface area contributed by atoms with E-state index in [-0.39, 0.29) is 17.5 Å². The van der Waals surface area contributed by atoms with E-state index in [1.54, 1.807) is 0 Å². The molecule has 0 saturated carbocycles. The van der Waals surface area contributed by atoms with Crippen LogP contribution in [0.5, 0.6) is 0 Å². The summed E-state index contributed by atoms with van der Waals surface area (Å²) in [5.41, 5.74) is 0.658. The zero-order valence-electron chi connectivity index (χ0n) is 17.1. The molecular formula is C23H34O2. The van der Waals surface area contributed by atoms with Crippen LogP contribution in [0.3, 0.4) is 0 Å². The summed E-state index contributed by atoms with van der Waals surface area (Å²) in [6, 6.07) is 14.3. The van der Waals surface area contributed by atoms with Gasteiger partial charge in [-0.1, -0.05) is 77.1 Å². The lowest BCUT2D eigenvalue weighted by Gasteiger charge is -2.31. The van der Waals surface area contributed by atoms with Crippen LogP contribution in [0.15, 0.2) is 42.5 Å². The lowest BCUT2D eigenvalue weighted by molar-refractivity contribution is -0.160. The number of carbonyl (C=O) groups excluding carboxylic acids is 1. The van der Waals surface area contributed by atoms with Gasteiger partial charge in [-0.05, 0) is 48.9 Å². The number of esters is 1. The summed E-state index contributed by atoms with van der Waals surface area (Å²) in [6.45, 7) is 16.3. The van der Waals surface area contributed by atoms with Crippen molar-refractivity contribution in [1.29, 1.82) is 0 Å². The fourth-order valence-electron chi connectivity index (χ4n) is 3.39. The summed E-state index contributed by atoms with van der Waals surface area (Å²) < 4.78 is 5.82. The molecule has 0 saturated heterocycles. The predicted molar refractivity (Wildman–Crippen MR) is 108 cm³/mol. The average molecular weight is 343 g/mol. The van der Waals surface area contributed by atoms with Crippen molar-refractivity contribution < 1.29 is 9.53 Å². The summed E-state index contributed by atoms with van der Waals surface area (Å²) in [4.78, 5) is 12.6. The van der Waals surface area contributed by atoms with E-state index in [9.17, 15) is 4.79 Å². The van der Waals surface area contributed by atoms with Crippen LogP contribution in [0, 0.1) is 10.8 Å². The van der Waals surface area contributed by atoms with Gasteiger partial charge in [0.2, 0.25) is 0 Å². The Balaban J connectivity index is 0.00000151. The summed E-state index contributed by atoms with van der Waals surface area (Å²) in [5, 5.41) is 2.31. The molecule has 0 bridgehead atoms. The van der Waals surface area contributed by atoms with Gasteiger partial charge in [-0.25, -0.2) is 0 Å². The monoisotopic (exact) mass is 342 g/mol. The molecule has 0 aliphatic carbocycles. The lowest BCUT2D eigenvalue weighted by atomic mass is 9.76. The number of rotatable bonds is 4. The quantitative estimate of drug-likeness (QED) is 0.563. The first-order valence-corrected chi connectivity index (χ1v) is 9.29. The van der Waals surface area contributed by atoms with Crippen molar-refractivity contribution in [3.8, 4) is 0 Å². The third kappa shape index (κ3) is 5.88. The van der Waals surface area contributed by atoms with Crippen molar-refractivity contribution in [3.05, 3.63) is 48.0 Å². The minimum absolute atomic E-state index is 0.0885. The van der Waals surface area contributed by atoms with Gasteiger partial charge >= 0.3 is 5.97 Å². The van der Waals surface area contributed by atoms with Gasteiger partial charge in [0.25, 0.3) is 0 Å².